The molecule has 0 aromatic heterocycles. The van der Waals surface area contributed by atoms with Gasteiger partial charge in [-0.05, 0) is 57.4 Å². The molecule has 1 aromatic carbocycles. The first-order valence-electron chi connectivity index (χ1n) is 7.12. The number of hydrogen-bond donors (Lipinski definition) is 3. The zero-order valence-corrected chi connectivity index (χ0v) is 15.4. The van der Waals surface area contributed by atoms with Crippen LogP contribution in [0.1, 0.15) is 37.5 Å². The van der Waals surface area contributed by atoms with E-state index in [1.165, 1.54) is 0 Å². The zero-order valence-electron chi connectivity index (χ0n) is 13.9. The van der Waals surface area contributed by atoms with Gasteiger partial charge in [0.2, 0.25) is 0 Å². The fourth-order valence-electron chi connectivity index (χ4n) is 1.95. The third-order valence-electron chi connectivity index (χ3n) is 3.29. The topological polar surface area (TPSA) is 95.9 Å². The first-order chi connectivity index (χ1) is 10.4. The molecule has 1 atom stereocenters. The highest BCUT2D eigenvalue weighted by Gasteiger charge is 2.25. The van der Waals surface area contributed by atoms with E-state index in [1.807, 2.05) is 6.92 Å². The molecule has 0 spiro atoms. The summed E-state index contributed by atoms with van der Waals surface area (Å²) < 4.78 is 5.84. The number of carboxylic acid groups (broad SMARTS) is 1. The summed E-state index contributed by atoms with van der Waals surface area (Å²) in [6.45, 7) is 8.66. The van der Waals surface area contributed by atoms with Crippen molar-refractivity contribution >= 4 is 28.0 Å². The van der Waals surface area contributed by atoms with Crippen LogP contribution in [0.2, 0.25) is 0 Å². The minimum absolute atomic E-state index is 0.0305. The van der Waals surface area contributed by atoms with Crippen molar-refractivity contribution < 1.29 is 24.5 Å². The van der Waals surface area contributed by atoms with Crippen LogP contribution < -0.4 is 5.32 Å². The fraction of sp³-hybridized carbons (Fsp3) is 0.500. The first kappa shape index (κ1) is 19.3. The fourth-order valence-corrected chi connectivity index (χ4v) is 2.53. The van der Waals surface area contributed by atoms with Crippen molar-refractivity contribution in [3.05, 3.63) is 27.2 Å². The Bertz CT molecular complexity index is 622. The number of phenolic OH excluding ortho intramolecular Hbond substituents is 1. The Balaban J connectivity index is 2.98. The van der Waals surface area contributed by atoms with E-state index in [9.17, 15) is 19.8 Å². The van der Waals surface area contributed by atoms with Gasteiger partial charge in [-0.1, -0.05) is 15.9 Å². The summed E-state index contributed by atoms with van der Waals surface area (Å²) >= 11 is 3.38. The van der Waals surface area contributed by atoms with E-state index in [4.69, 9.17) is 4.74 Å². The average molecular weight is 388 g/mol. The van der Waals surface area contributed by atoms with Gasteiger partial charge in [-0.15, -0.1) is 0 Å². The van der Waals surface area contributed by atoms with E-state index < -0.39 is 23.7 Å². The number of aliphatic carboxylic acids is 1. The number of alkyl carbamates (subject to hydrolysis) is 1. The van der Waals surface area contributed by atoms with Crippen molar-refractivity contribution in [2.75, 3.05) is 0 Å². The molecule has 1 aromatic rings. The number of nitrogens with one attached hydrogen (secondary N) is 1. The van der Waals surface area contributed by atoms with Crippen molar-refractivity contribution in [2.45, 2.75) is 52.7 Å². The smallest absolute Gasteiger partial charge is 0.408 e. The van der Waals surface area contributed by atoms with Crippen LogP contribution >= 0.6 is 15.9 Å². The van der Waals surface area contributed by atoms with E-state index in [0.717, 1.165) is 10.0 Å². The highest BCUT2D eigenvalue weighted by Crippen LogP contribution is 2.31. The predicted molar refractivity (Wildman–Crippen MR) is 89.8 cm³/mol. The van der Waals surface area contributed by atoms with Crippen molar-refractivity contribution in [3.8, 4) is 5.75 Å². The number of rotatable bonds is 4. The largest absolute Gasteiger partial charge is 0.507 e. The van der Waals surface area contributed by atoms with Crippen LogP contribution in [0.15, 0.2) is 10.5 Å². The molecule has 0 aliphatic carbocycles. The van der Waals surface area contributed by atoms with Crippen LogP contribution in [0.25, 0.3) is 0 Å². The molecule has 1 amide bonds. The van der Waals surface area contributed by atoms with Crippen molar-refractivity contribution in [1.29, 1.82) is 0 Å². The Morgan fingerprint density at radius 2 is 1.87 bits per heavy atom. The van der Waals surface area contributed by atoms with Gasteiger partial charge in [0.05, 0.1) is 0 Å². The Labute approximate surface area is 144 Å². The second-order valence-electron chi connectivity index (χ2n) is 6.36. The van der Waals surface area contributed by atoms with E-state index in [1.54, 1.807) is 33.8 Å². The number of carbonyl (C=O) groups is 2. The van der Waals surface area contributed by atoms with Crippen molar-refractivity contribution in [3.63, 3.8) is 0 Å². The van der Waals surface area contributed by atoms with Gasteiger partial charge in [-0.3, -0.25) is 0 Å². The Hall–Kier alpha value is -1.76. The lowest BCUT2D eigenvalue weighted by molar-refractivity contribution is -0.139. The molecule has 128 valence electrons. The summed E-state index contributed by atoms with van der Waals surface area (Å²) in [5.74, 6) is -1.17. The highest BCUT2D eigenvalue weighted by atomic mass is 79.9. The normalized spacial score (nSPS) is 12.6. The van der Waals surface area contributed by atoms with Crippen molar-refractivity contribution in [1.82, 2.24) is 5.32 Å². The van der Waals surface area contributed by atoms with Crippen LogP contribution in [0.5, 0.6) is 5.75 Å². The lowest BCUT2D eigenvalue weighted by Crippen LogP contribution is -2.44. The second kappa shape index (κ2) is 7.21. The van der Waals surface area contributed by atoms with Gasteiger partial charge < -0.3 is 20.3 Å². The summed E-state index contributed by atoms with van der Waals surface area (Å²) in [6.07, 6.45) is -0.868. The van der Waals surface area contributed by atoms with Crippen LogP contribution in [-0.4, -0.2) is 33.9 Å². The van der Waals surface area contributed by atoms with E-state index >= 15 is 0 Å². The van der Waals surface area contributed by atoms with Crippen LogP contribution in [0.3, 0.4) is 0 Å². The molecule has 1 unspecified atom stereocenters. The Kier molecular flexibility index (Phi) is 6.04. The van der Waals surface area contributed by atoms with E-state index in [-0.39, 0.29) is 12.2 Å². The molecule has 3 N–H and O–H groups in total. The highest BCUT2D eigenvalue weighted by molar-refractivity contribution is 9.10. The van der Waals surface area contributed by atoms with Gasteiger partial charge in [0.25, 0.3) is 0 Å². The van der Waals surface area contributed by atoms with Gasteiger partial charge >= 0.3 is 12.1 Å². The maximum atomic E-state index is 11.8. The lowest BCUT2D eigenvalue weighted by Gasteiger charge is -2.22. The van der Waals surface area contributed by atoms with E-state index in [0.29, 0.717) is 11.1 Å². The maximum absolute atomic E-state index is 11.8. The maximum Gasteiger partial charge on any atom is 0.408 e. The number of benzene rings is 1. The molecular weight excluding hydrogens is 366 g/mol. The number of ether oxygens (including phenoxy) is 1. The molecule has 0 aliphatic heterocycles. The molecule has 0 fully saturated rings. The number of halogens is 1. The lowest BCUT2D eigenvalue weighted by atomic mass is 9.99. The quantitative estimate of drug-likeness (QED) is 0.736. The number of phenols is 1. The van der Waals surface area contributed by atoms with E-state index in [2.05, 4.69) is 21.2 Å². The summed E-state index contributed by atoms with van der Waals surface area (Å²) in [4.78, 5) is 23.2. The van der Waals surface area contributed by atoms with Crippen LogP contribution in [-0.2, 0) is 16.0 Å². The number of hydrogen-bond acceptors (Lipinski definition) is 4. The van der Waals surface area contributed by atoms with Crippen LogP contribution in [0.4, 0.5) is 4.79 Å². The summed E-state index contributed by atoms with van der Waals surface area (Å²) in [6, 6.07) is 0.453. The summed E-state index contributed by atoms with van der Waals surface area (Å²) in [5, 5.41) is 21.8. The molecule has 0 saturated heterocycles. The third kappa shape index (κ3) is 5.42. The van der Waals surface area contributed by atoms with Gasteiger partial charge in [0.1, 0.15) is 17.4 Å². The van der Waals surface area contributed by atoms with Crippen LogP contribution in [0, 0.1) is 13.8 Å². The molecule has 0 radical (unpaired) electrons. The van der Waals surface area contributed by atoms with Gasteiger partial charge in [-0.2, -0.15) is 0 Å². The minimum Gasteiger partial charge on any atom is -0.507 e. The predicted octanol–water partition coefficient (Wildman–Crippen LogP) is 3.29. The summed E-state index contributed by atoms with van der Waals surface area (Å²) in [7, 11) is 0. The Morgan fingerprint density at radius 3 is 2.35 bits per heavy atom. The average Bonchev–Trinajstić information content (AvgIpc) is 2.39. The summed E-state index contributed by atoms with van der Waals surface area (Å²) in [5.41, 5.74) is 1.25. The number of carboxylic acids is 1. The third-order valence-corrected chi connectivity index (χ3v) is 4.12. The molecule has 1 rings (SSSR count). The number of carbonyl (C=O) groups excluding carboxylic acids is 1. The SMILES string of the molecule is Cc1c(Br)cc(CC(NC(=O)OC(C)(C)C)C(=O)O)c(O)c1C. The number of amides is 1. The minimum atomic E-state index is -1.20. The molecule has 7 heteroatoms. The molecule has 0 saturated carbocycles. The monoisotopic (exact) mass is 387 g/mol. The molecule has 0 bridgehead atoms. The number of aromatic hydroxyl groups is 1. The standard InChI is InChI=1S/C16H22BrNO5/c1-8-9(2)13(19)10(6-11(8)17)7-12(14(20)21)18-15(22)23-16(3,4)5/h6,12,19H,7H2,1-5H3,(H,18,22)(H,20,21). The molecule has 6 nitrogen and oxygen atoms in total. The zero-order chi connectivity index (χ0) is 17.9. The second-order valence-corrected chi connectivity index (χ2v) is 7.21. The first-order valence-corrected chi connectivity index (χ1v) is 7.91. The van der Waals surface area contributed by atoms with Crippen molar-refractivity contribution in [2.24, 2.45) is 0 Å². The van der Waals surface area contributed by atoms with Gasteiger partial charge in [0.15, 0.2) is 0 Å². The van der Waals surface area contributed by atoms with Gasteiger partial charge in [-0.25, -0.2) is 9.59 Å². The molecule has 0 heterocycles. The Morgan fingerprint density at radius 1 is 1.30 bits per heavy atom. The van der Waals surface area contributed by atoms with Gasteiger partial charge in [0, 0.05) is 10.9 Å². The molecular formula is C16H22BrNO5. The molecule has 23 heavy (non-hydrogen) atoms. The molecule has 0 aliphatic rings.